The van der Waals surface area contributed by atoms with Crippen molar-refractivity contribution in [2.45, 2.75) is 39.5 Å². The van der Waals surface area contributed by atoms with E-state index in [1.165, 1.54) is 12.1 Å². The number of aryl methyl sites for hydroxylation is 3. The maximum Gasteiger partial charge on any atom is 0.241 e. The van der Waals surface area contributed by atoms with Crippen LogP contribution in [0.1, 0.15) is 30.5 Å². The highest BCUT2D eigenvalue weighted by Crippen LogP contribution is 2.30. The molecule has 0 spiro atoms. The van der Waals surface area contributed by atoms with Gasteiger partial charge in [-0.05, 0) is 57.9 Å². The lowest BCUT2D eigenvalue weighted by atomic mass is 10.1. The number of benzene rings is 2. The molecular weight excluding hydrogens is 392 g/mol. The quantitative estimate of drug-likeness (QED) is 0.649. The minimum absolute atomic E-state index is 0.0000925. The molecule has 158 valence electrons. The number of rotatable bonds is 9. The largest absolute Gasteiger partial charge is 0.490 e. The van der Waals surface area contributed by atoms with Crippen molar-refractivity contribution in [1.29, 1.82) is 0 Å². The van der Waals surface area contributed by atoms with Crippen LogP contribution in [-0.2, 0) is 14.8 Å². The van der Waals surface area contributed by atoms with E-state index in [1.54, 1.807) is 13.0 Å². The highest BCUT2D eigenvalue weighted by atomic mass is 32.2. The normalized spacial score (nSPS) is 11.2. The molecule has 2 N–H and O–H groups in total. The van der Waals surface area contributed by atoms with Crippen molar-refractivity contribution in [3.05, 3.63) is 47.0 Å². The monoisotopic (exact) mass is 420 g/mol. The molecule has 1 amide bonds. The van der Waals surface area contributed by atoms with Crippen LogP contribution >= 0.6 is 0 Å². The number of amides is 1. The summed E-state index contributed by atoms with van der Waals surface area (Å²) in [6.45, 7) is 9.83. The van der Waals surface area contributed by atoms with E-state index in [0.29, 0.717) is 30.4 Å². The van der Waals surface area contributed by atoms with E-state index in [1.807, 2.05) is 39.8 Å². The maximum atomic E-state index is 12.6. The smallest absolute Gasteiger partial charge is 0.241 e. The van der Waals surface area contributed by atoms with Gasteiger partial charge in [-0.2, -0.15) is 0 Å². The summed E-state index contributed by atoms with van der Waals surface area (Å²) in [5.74, 6) is 0.364. The Labute approximate surface area is 172 Å². The van der Waals surface area contributed by atoms with Gasteiger partial charge in [0.2, 0.25) is 15.9 Å². The van der Waals surface area contributed by atoms with Crippen molar-refractivity contribution in [2.75, 3.05) is 25.1 Å². The molecular formula is C21H28N2O5S. The molecule has 0 atom stereocenters. The van der Waals surface area contributed by atoms with Crippen molar-refractivity contribution in [3.63, 3.8) is 0 Å². The average Bonchev–Trinajstić information content (AvgIpc) is 2.65. The second-order valence-electron chi connectivity index (χ2n) is 6.62. The topological polar surface area (TPSA) is 93.7 Å². The number of anilines is 1. The molecule has 2 aromatic carbocycles. The third-order valence-corrected chi connectivity index (χ3v) is 5.59. The van der Waals surface area contributed by atoms with Gasteiger partial charge < -0.3 is 14.8 Å². The number of hydrogen-bond acceptors (Lipinski definition) is 5. The molecule has 0 aliphatic rings. The van der Waals surface area contributed by atoms with Gasteiger partial charge in [0.1, 0.15) is 0 Å². The van der Waals surface area contributed by atoms with Crippen LogP contribution in [0.3, 0.4) is 0 Å². The predicted octanol–water partition coefficient (Wildman–Crippen LogP) is 3.33. The standard InChI is InChI=1S/C21H28N2O5S/c1-6-27-18-9-8-17(12-19(18)28-7-2)29(25,26)22-13-20(24)23-21-15(4)10-14(3)11-16(21)5/h8-12,22H,6-7,13H2,1-5H3,(H,23,24). The Hall–Kier alpha value is -2.58. The second-order valence-corrected chi connectivity index (χ2v) is 8.39. The van der Waals surface area contributed by atoms with Crippen LogP contribution in [0, 0.1) is 20.8 Å². The summed E-state index contributed by atoms with van der Waals surface area (Å²) < 4.78 is 38.5. The second kappa shape index (κ2) is 9.76. The molecule has 0 bridgehead atoms. The summed E-state index contributed by atoms with van der Waals surface area (Å²) in [6, 6.07) is 8.27. The fraction of sp³-hybridized carbons (Fsp3) is 0.381. The molecule has 0 aliphatic carbocycles. The molecule has 0 saturated carbocycles. The molecule has 7 nitrogen and oxygen atoms in total. The molecule has 0 saturated heterocycles. The van der Waals surface area contributed by atoms with Crippen LogP contribution in [0.25, 0.3) is 0 Å². The summed E-state index contributed by atoms with van der Waals surface area (Å²) in [6.07, 6.45) is 0. The summed E-state index contributed by atoms with van der Waals surface area (Å²) >= 11 is 0. The lowest BCUT2D eigenvalue weighted by Crippen LogP contribution is -2.33. The first-order valence-electron chi connectivity index (χ1n) is 9.45. The molecule has 0 aliphatic heterocycles. The zero-order valence-electron chi connectivity index (χ0n) is 17.5. The van der Waals surface area contributed by atoms with Crippen molar-refractivity contribution in [3.8, 4) is 11.5 Å². The molecule has 2 rings (SSSR count). The number of carbonyl (C=O) groups is 1. The lowest BCUT2D eigenvalue weighted by Gasteiger charge is -2.14. The van der Waals surface area contributed by atoms with Crippen LogP contribution in [0.4, 0.5) is 5.69 Å². The Kier molecular flexibility index (Phi) is 7.64. The van der Waals surface area contributed by atoms with Crippen molar-refractivity contribution in [2.24, 2.45) is 0 Å². The van der Waals surface area contributed by atoms with Crippen LogP contribution in [-0.4, -0.2) is 34.1 Å². The van der Waals surface area contributed by atoms with Gasteiger partial charge in [-0.25, -0.2) is 13.1 Å². The van der Waals surface area contributed by atoms with Crippen LogP contribution in [0.5, 0.6) is 11.5 Å². The van der Waals surface area contributed by atoms with E-state index in [-0.39, 0.29) is 11.4 Å². The number of sulfonamides is 1. The lowest BCUT2D eigenvalue weighted by molar-refractivity contribution is -0.115. The van der Waals surface area contributed by atoms with E-state index >= 15 is 0 Å². The molecule has 29 heavy (non-hydrogen) atoms. The Morgan fingerprint density at radius 1 is 0.931 bits per heavy atom. The third kappa shape index (κ3) is 5.95. The molecule has 0 radical (unpaired) electrons. The molecule has 0 fully saturated rings. The molecule has 0 aromatic heterocycles. The average molecular weight is 421 g/mol. The van der Waals surface area contributed by atoms with Crippen LogP contribution in [0.15, 0.2) is 35.2 Å². The van der Waals surface area contributed by atoms with Gasteiger partial charge in [-0.1, -0.05) is 17.7 Å². The number of carbonyl (C=O) groups excluding carboxylic acids is 1. The van der Waals surface area contributed by atoms with E-state index in [9.17, 15) is 13.2 Å². The Balaban J connectivity index is 2.11. The highest BCUT2D eigenvalue weighted by Gasteiger charge is 2.19. The van der Waals surface area contributed by atoms with Crippen molar-refractivity contribution >= 4 is 21.6 Å². The first kappa shape index (κ1) is 22.7. The SMILES string of the molecule is CCOc1ccc(S(=O)(=O)NCC(=O)Nc2c(C)cc(C)cc2C)cc1OCC. The van der Waals surface area contributed by atoms with Gasteiger partial charge in [0.15, 0.2) is 11.5 Å². The van der Waals surface area contributed by atoms with Crippen LogP contribution < -0.4 is 19.5 Å². The molecule has 0 unspecified atom stereocenters. The predicted molar refractivity (Wildman–Crippen MR) is 113 cm³/mol. The summed E-state index contributed by atoms with van der Waals surface area (Å²) in [5, 5.41) is 2.78. The van der Waals surface area contributed by atoms with E-state index in [0.717, 1.165) is 16.7 Å². The Bertz CT molecular complexity index is 964. The Morgan fingerprint density at radius 2 is 1.52 bits per heavy atom. The summed E-state index contributed by atoms with van der Waals surface area (Å²) in [5.41, 5.74) is 3.64. The van der Waals surface area contributed by atoms with E-state index < -0.39 is 15.9 Å². The Morgan fingerprint density at radius 3 is 2.10 bits per heavy atom. The summed E-state index contributed by atoms with van der Waals surface area (Å²) in [7, 11) is -3.89. The van der Waals surface area contributed by atoms with Gasteiger partial charge in [0.05, 0.1) is 24.7 Å². The fourth-order valence-electron chi connectivity index (χ4n) is 3.00. The van der Waals surface area contributed by atoms with Gasteiger partial charge in [0.25, 0.3) is 0 Å². The number of ether oxygens (including phenoxy) is 2. The molecule has 8 heteroatoms. The highest BCUT2D eigenvalue weighted by molar-refractivity contribution is 7.89. The number of nitrogens with one attached hydrogen (secondary N) is 2. The van der Waals surface area contributed by atoms with Crippen molar-refractivity contribution < 1.29 is 22.7 Å². The van der Waals surface area contributed by atoms with Gasteiger partial charge >= 0.3 is 0 Å². The van der Waals surface area contributed by atoms with E-state index in [2.05, 4.69) is 10.0 Å². The summed E-state index contributed by atoms with van der Waals surface area (Å²) in [4.78, 5) is 12.3. The zero-order chi connectivity index (χ0) is 21.6. The van der Waals surface area contributed by atoms with Gasteiger partial charge in [0, 0.05) is 11.8 Å². The van der Waals surface area contributed by atoms with Gasteiger partial charge in [-0.3, -0.25) is 4.79 Å². The number of hydrogen-bond donors (Lipinski definition) is 2. The molecule has 2 aromatic rings. The van der Waals surface area contributed by atoms with Gasteiger partial charge in [-0.15, -0.1) is 0 Å². The minimum Gasteiger partial charge on any atom is -0.490 e. The van der Waals surface area contributed by atoms with E-state index in [4.69, 9.17) is 9.47 Å². The van der Waals surface area contributed by atoms with Crippen LogP contribution in [0.2, 0.25) is 0 Å². The first-order chi connectivity index (χ1) is 13.7. The fourth-order valence-corrected chi connectivity index (χ4v) is 4.00. The molecule has 0 heterocycles. The first-order valence-corrected chi connectivity index (χ1v) is 10.9. The third-order valence-electron chi connectivity index (χ3n) is 4.19. The minimum atomic E-state index is -3.89. The maximum absolute atomic E-state index is 12.6. The zero-order valence-corrected chi connectivity index (χ0v) is 18.3. The van der Waals surface area contributed by atoms with Crippen molar-refractivity contribution in [1.82, 2.24) is 4.72 Å².